The van der Waals surface area contributed by atoms with Gasteiger partial charge in [0.1, 0.15) is 11.6 Å². The van der Waals surface area contributed by atoms with Gasteiger partial charge < -0.3 is 14.3 Å². The van der Waals surface area contributed by atoms with Crippen LogP contribution in [0, 0.1) is 0 Å². The molecule has 0 spiro atoms. The van der Waals surface area contributed by atoms with Crippen molar-refractivity contribution in [1.82, 2.24) is 5.06 Å². The molecule has 1 heterocycles. The molecule has 1 atom stereocenters. The van der Waals surface area contributed by atoms with Crippen molar-refractivity contribution in [1.29, 1.82) is 0 Å². The third kappa shape index (κ3) is 4.23. The molecule has 6 nitrogen and oxygen atoms in total. The lowest BCUT2D eigenvalue weighted by atomic mass is 9.97. The minimum atomic E-state index is -0.679. The topological polar surface area (TPSA) is 65.1 Å². The van der Waals surface area contributed by atoms with Crippen LogP contribution in [0.15, 0.2) is 72.0 Å². The van der Waals surface area contributed by atoms with Gasteiger partial charge in [-0.3, -0.25) is 0 Å². The number of hydrogen-bond acceptors (Lipinski definition) is 6. The summed E-state index contributed by atoms with van der Waals surface area (Å²) < 4.78 is 10.3. The van der Waals surface area contributed by atoms with E-state index < -0.39 is 18.0 Å². The van der Waals surface area contributed by atoms with Crippen LogP contribution in [0.1, 0.15) is 31.0 Å². The van der Waals surface area contributed by atoms with Gasteiger partial charge in [-0.25, -0.2) is 9.59 Å². The van der Waals surface area contributed by atoms with Gasteiger partial charge in [0.2, 0.25) is 5.76 Å². The smallest absolute Gasteiger partial charge is 0.376 e. The lowest BCUT2D eigenvalue weighted by Gasteiger charge is -2.24. The molecule has 0 radical (unpaired) electrons. The Bertz CT molecular complexity index is 848. The van der Waals surface area contributed by atoms with Crippen molar-refractivity contribution in [2.24, 2.45) is 0 Å². The Labute approximate surface area is 164 Å². The summed E-state index contributed by atoms with van der Waals surface area (Å²) in [5, 5.41) is 1.61. The Kier molecular flexibility index (Phi) is 6.45. The van der Waals surface area contributed by atoms with Gasteiger partial charge in [-0.2, -0.15) is 0 Å². The molecule has 28 heavy (non-hydrogen) atoms. The number of carbonyl (C=O) groups excluding carboxylic acids is 2. The third-order valence-corrected chi connectivity index (χ3v) is 4.27. The molecule has 0 aliphatic carbocycles. The van der Waals surface area contributed by atoms with Crippen molar-refractivity contribution in [3.05, 3.63) is 83.1 Å². The zero-order valence-electron chi connectivity index (χ0n) is 16.0. The van der Waals surface area contributed by atoms with Gasteiger partial charge in [-0.15, -0.1) is 5.06 Å². The van der Waals surface area contributed by atoms with Gasteiger partial charge in [-0.1, -0.05) is 60.7 Å². The number of hydrogen-bond donors (Lipinski definition) is 0. The molecule has 0 aromatic heterocycles. The van der Waals surface area contributed by atoms with Crippen molar-refractivity contribution in [2.75, 3.05) is 13.2 Å². The highest BCUT2D eigenvalue weighted by Gasteiger charge is 2.44. The lowest BCUT2D eigenvalue weighted by molar-refractivity contribution is -0.162. The lowest BCUT2D eigenvalue weighted by Crippen LogP contribution is -2.26. The molecule has 1 aliphatic rings. The van der Waals surface area contributed by atoms with Crippen LogP contribution in [0.3, 0.4) is 0 Å². The molecule has 146 valence electrons. The van der Waals surface area contributed by atoms with E-state index in [9.17, 15) is 9.59 Å². The second-order valence-corrected chi connectivity index (χ2v) is 6.15. The summed E-state index contributed by atoms with van der Waals surface area (Å²) in [6.45, 7) is 4.17. The van der Waals surface area contributed by atoms with Crippen LogP contribution in [-0.2, 0) is 30.4 Å². The third-order valence-electron chi connectivity index (χ3n) is 4.27. The highest BCUT2D eigenvalue weighted by atomic mass is 16.7. The molecule has 0 N–H and O–H groups in total. The van der Waals surface area contributed by atoms with Gasteiger partial charge in [0.25, 0.3) is 0 Å². The van der Waals surface area contributed by atoms with E-state index in [4.69, 9.17) is 14.3 Å². The van der Waals surface area contributed by atoms with E-state index >= 15 is 0 Å². The maximum absolute atomic E-state index is 12.8. The summed E-state index contributed by atoms with van der Waals surface area (Å²) in [6, 6.07) is 18.5. The van der Waals surface area contributed by atoms with Crippen LogP contribution in [0.5, 0.6) is 0 Å². The second kappa shape index (κ2) is 9.19. The summed E-state index contributed by atoms with van der Waals surface area (Å²) in [5.41, 5.74) is 1.96. The zero-order valence-corrected chi connectivity index (χ0v) is 16.0. The maximum atomic E-state index is 12.8. The van der Waals surface area contributed by atoms with Crippen molar-refractivity contribution in [3.8, 4) is 0 Å². The largest absolute Gasteiger partial charge is 0.462 e. The van der Waals surface area contributed by atoms with Crippen molar-refractivity contribution < 1.29 is 23.9 Å². The summed E-state index contributed by atoms with van der Waals surface area (Å²) in [6.07, 6.45) is 0. The first-order chi connectivity index (χ1) is 13.7. The Hall–Kier alpha value is -3.12. The molecule has 1 unspecified atom stereocenters. The van der Waals surface area contributed by atoms with Crippen molar-refractivity contribution >= 4 is 11.9 Å². The molecule has 0 saturated carbocycles. The highest BCUT2D eigenvalue weighted by Crippen LogP contribution is 2.40. The number of benzene rings is 2. The molecule has 2 aromatic rings. The summed E-state index contributed by atoms with van der Waals surface area (Å²) in [4.78, 5) is 31.1. The predicted molar refractivity (Wildman–Crippen MR) is 103 cm³/mol. The molecule has 0 saturated heterocycles. The first kappa shape index (κ1) is 19.6. The monoisotopic (exact) mass is 381 g/mol. The first-order valence-corrected chi connectivity index (χ1v) is 9.27. The standard InChI is InChI=1S/C22H23NO5/c1-3-26-21(24)18-19(17-13-9-6-10-14-17)23(15-16-11-7-5-8-12-16)28-20(18)22(25)27-4-2/h5-14,19H,3-4,15H2,1-2H3. The van der Waals surface area contributed by atoms with Crippen LogP contribution in [-0.4, -0.2) is 30.2 Å². The van der Waals surface area contributed by atoms with Crippen LogP contribution < -0.4 is 0 Å². The Morgan fingerprint density at radius 1 is 0.893 bits per heavy atom. The fourth-order valence-electron chi connectivity index (χ4n) is 3.10. The number of esters is 2. The predicted octanol–water partition coefficient (Wildman–Crippen LogP) is 3.56. The van der Waals surface area contributed by atoms with Crippen LogP contribution in [0.4, 0.5) is 0 Å². The van der Waals surface area contributed by atoms with Gasteiger partial charge in [-0.05, 0) is 25.0 Å². The summed E-state index contributed by atoms with van der Waals surface area (Å²) in [5.74, 6) is -1.39. The van der Waals surface area contributed by atoms with E-state index in [0.717, 1.165) is 11.1 Å². The maximum Gasteiger partial charge on any atom is 0.376 e. The van der Waals surface area contributed by atoms with Crippen molar-refractivity contribution in [3.63, 3.8) is 0 Å². The Morgan fingerprint density at radius 3 is 2.07 bits per heavy atom. The summed E-state index contributed by atoms with van der Waals surface area (Å²) in [7, 11) is 0. The molecule has 0 fully saturated rings. The van der Waals surface area contributed by atoms with Gasteiger partial charge >= 0.3 is 11.9 Å². The Morgan fingerprint density at radius 2 is 1.46 bits per heavy atom. The summed E-state index contributed by atoms with van der Waals surface area (Å²) >= 11 is 0. The van der Waals surface area contributed by atoms with Gasteiger partial charge in [0.05, 0.1) is 19.8 Å². The highest BCUT2D eigenvalue weighted by molar-refractivity contribution is 6.00. The van der Waals surface area contributed by atoms with Crippen LogP contribution in [0.2, 0.25) is 0 Å². The van der Waals surface area contributed by atoms with E-state index in [2.05, 4.69) is 0 Å². The normalized spacial score (nSPS) is 16.6. The number of carbonyl (C=O) groups is 2. The van der Waals surface area contributed by atoms with E-state index in [-0.39, 0.29) is 24.5 Å². The minimum Gasteiger partial charge on any atom is -0.462 e. The number of nitrogens with zero attached hydrogens (tertiary/aromatic N) is 1. The van der Waals surface area contributed by atoms with Crippen molar-refractivity contribution in [2.45, 2.75) is 26.4 Å². The quantitative estimate of drug-likeness (QED) is 0.684. The molecule has 6 heteroatoms. The van der Waals surface area contributed by atoms with Gasteiger partial charge in [0, 0.05) is 0 Å². The first-order valence-electron chi connectivity index (χ1n) is 9.27. The molecule has 3 rings (SSSR count). The zero-order chi connectivity index (χ0) is 19.9. The van der Waals surface area contributed by atoms with E-state index in [1.165, 1.54) is 0 Å². The van der Waals surface area contributed by atoms with E-state index in [0.29, 0.717) is 6.54 Å². The molecular formula is C22H23NO5. The fourth-order valence-corrected chi connectivity index (χ4v) is 3.10. The number of hydroxylamine groups is 2. The molecule has 2 aromatic carbocycles. The van der Waals surface area contributed by atoms with Crippen LogP contribution >= 0.6 is 0 Å². The fraction of sp³-hybridized carbons (Fsp3) is 0.273. The average Bonchev–Trinajstić information content (AvgIpc) is 3.09. The number of rotatable bonds is 7. The Balaban J connectivity index is 2.04. The van der Waals surface area contributed by atoms with Gasteiger partial charge in [0.15, 0.2) is 0 Å². The van der Waals surface area contributed by atoms with Crippen LogP contribution in [0.25, 0.3) is 0 Å². The molecule has 1 aliphatic heterocycles. The molecule has 0 amide bonds. The SMILES string of the molecule is CCOC(=O)C1=C(C(=O)OCC)C(c2ccccc2)N(Cc2ccccc2)O1. The second-order valence-electron chi connectivity index (χ2n) is 6.15. The van der Waals surface area contributed by atoms with E-state index in [1.807, 2.05) is 60.7 Å². The molecule has 0 bridgehead atoms. The average molecular weight is 381 g/mol. The number of ether oxygens (including phenoxy) is 2. The van der Waals surface area contributed by atoms with E-state index in [1.54, 1.807) is 18.9 Å². The minimum absolute atomic E-state index is 0.120. The molecular weight excluding hydrogens is 358 g/mol.